The molecule has 13 nitrogen and oxygen atoms in total. The number of nitrogens with one attached hydrogen (secondary N) is 3. The molecule has 14 heteroatoms. The van der Waals surface area contributed by atoms with Crippen LogP contribution in [-0.2, 0) is 28.8 Å². The van der Waals surface area contributed by atoms with Crippen LogP contribution in [0.5, 0.6) is 0 Å². The van der Waals surface area contributed by atoms with E-state index in [0.29, 0.717) is 0 Å². The van der Waals surface area contributed by atoms with E-state index in [1.807, 2.05) is 0 Å². The Morgan fingerprint density at radius 1 is 0.833 bits per heavy atom. The van der Waals surface area contributed by atoms with Gasteiger partial charge in [0.25, 0.3) is 0 Å². The number of carbonyl (C=O) groups is 6. The van der Waals surface area contributed by atoms with Crippen molar-refractivity contribution in [1.29, 1.82) is 0 Å². The van der Waals surface area contributed by atoms with Crippen LogP contribution in [0.4, 0.5) is 0 Å². The van der Waals surface area contributed by atoms with E-state index in [-0.39, 0.29) is 5.75 Å². The monoisotopic (exact) mass is 448 g/mol. The molecule has 0 aliphatic heterocycles. The molecule has 30 heavy (non-hydrogen) atoms. The minimum Gasteiger partial charge on any atom is -0.480 e. The minimum absolute atomic E-state index is 0.235. The van der Waals surface area contributed by atoms with E-state index in [1.165, 1.54) is 0 Å². The Hall–Kier alpha value is -2.87. The summed E-state index contributed by atoms with van der Waals surface area (Å²) in [6.45, 7) is 3.18. The summed E-state index contributed by atoms with van der Waals surface area (Å²) in [7, 11) is 0. The van der Waals surface area contributed by atoms with Crippen molar-refractivity contribution in [2.75, 3.05) is 5.75 Å². The summed E-state index contributed by atoms with van der Waals surface area (Å²) in [4.78, 5) is 70.3. The van der Waals surface area contributed by atoms with Gasteiger partial charge < -0.3 is 38.3 Å². The Labute approximate surface area is 178 Å². The highest BCUT2D eigenvalue weighted by molar-refractivity contribution is 7.80. The minimum atomic E-state index is -1.49. The summed E-state index contributed by atoms with van der Waals surface area (Å²) in [5.74, 6) is -6.44. The van der Waals surface area contributed by atoms with Crippen molar-refractivity contribution in [3.8, 4) is 0 Å². The molecule has 0 rings (SSSR count). The second-order valence-electron chi connectivity index (χ2n) is 6.82. The first kappa shape index (κ1) is 27.1. The Balaban J connectivity index is 5.37. The zero-order valence-electron chi connectivity index (χ0n) is 16.6. The maximum atomic E-state index is 12.6. The van der Waals surface area contributed by atoms with Crippen LogP contribution in [0.1, 0.15) is 26.7 Å². The van der Waals surface area contributed by atoms with Crippen molar-refractivity contribution in [1.82, 2.24) is 16.0 Å². The molecule has 0 saturated heterocycles. The van der Waals surface area contributed by atoms with Gasteiger partial charge in [0.2, 0.25) is 29.5 Å². The molecule has 170 valence electrons. The van der Waals surface area contributed by atoms with Crippen molar-refractivity contribution >= 4 is 48.1 Å². The zero-order valence-corrected chi connectivity index (χ0v) is 17.5. The number of hydrogen-bond acceptors (Lipinski definition) is 8. The smallest absolute Gasteiger partial charge is 0.327 e. The number of carbonyl (C=O) groups excluding carboxylic acids is 5. The summed E-state index contributed by atoms with van der Waals surface area (Å²) in [6, 6.07) is -5.32. The SMILES string of the molecule is CC(C)C(NC(=O)C(N)CC(N)=O)C(=O)NC(CC(N)=O)C(=O)NC(CS)C(=O)O. The summed E-state index contributed by atoms with van der Waals surface area (Å²) in [5.41, 5.74) is 15.6. The van der Waals surface area contributed by atoms with Crippen LogP contribution >= 0.6 is 12.6 Å². The van der Waals surface area contributed by atoms with Gasteiger partial charge in [-0.15, -0.1) is 0 Å². The first-order valence-electron chi connectivity index (χ1n) is 8.87. The van der Waals surface area contributed by atoms with Gasteiger partial charge in [-0.05, 0) is 5.92 Å². The van der Waals surface area contributed by atoms with Crippen LogP contribution in [0.15, 0.2) is 0 Å². The first-order chi connectivity index (χ1) is 13.8. The molecule has 0 fully saturated rings. The molecule has 0 bridgehead atoms. The number of carboxylic acid groups (broad SMARTS) is 1. The summed E-state index contributed by atoms with van der Waals surface area (Å²) in [5, 5.41) is 15.8. The molecular formula is C16H28N6O7S. The van der Waals surface area contributed by atoms with Gasteiger partial charge in [-0.25, -0.2) is 4.79 Å². The van der Waals surface area contributed by atoms with Crippen molar-refractivity contribution < 1.29 is 33.9 Å². The third-order valence-corrected chi connectivity index (χ3v) is 4.21. The molecule has 0 saturated carbocycles. The third-order valence-electron chi connectivity index (χ3n) is 3.84. The van der Waals surface area contributed by atoms with Crippen LogP contribution in [-0.4, -0.2) is 70.5 Å². The van der Waals surface area contributed by atoms with Crippen molar-refractivity contribution in [2.45, 2.75) is 50.9 Å². The summed E-state index contributed by atoms with van der Waals surface area (Å²) < 4.78 is 0. The average molecular weight is 449 g/mol. The number of aliphatic carboxylic acids is 1. The molecule has 0 spiro atoms. The Morgan fingerprint density at radius 3 is 1.73 bits per heavy atom. The molecule has 0 aromatic heterocycles. The van der Waals surface area contributed by atoms with Crippen molar-refractivity contribution in [2.24, 2.45) is 23.1 Å². The lowest BCUT2D eigenvalue weighted by Crippen LogP contribution is -2.59. The van der Waals surface area contributed by atoms with E-state index in [1.54, 1.807) is 13.8 Å². The Bertz CT molecular complexity index is 687. The molecule has 0 aromatic carbocycles. The largest absolute Gasteiger partial charge is 0.480 e. The highest BCUT2D eigenvalue weighted by atomic mass is 32.1. The second kappa shape index (κ2) is 12.6. The number of hydrogen-bond donors (Lipinski definition) is 8. The molecule has 0 aliphatic rings. The highest BCUT2D eigenvalue weighted by Gasteiger charge is 2.32. The molecule has 4 atom stereocenters. The average Bonchev–Trinajstić information content (AvgIpc) is 2.61. The molecule has 0 aromatic rings. The van der Waals surface area contributed by atoms with E-state index >= 15 is 0 Å². The maximum Gasteiger partial charge on any atom is 0.327 e. The van der Waals surface area contributed by atoms with Crippen LogP contribution in [0.2, 0.25) is 0 Å². The fourth-order valence-electron chi connectivity index (χ4n) is 2.23. The maximum absolute atomic E-state index is 12.6. The van der Waals surface area contributed by atoms with Crippen LogP contribution in [0.25, 0.3) is 0 Å². The lowest BCUT2D eigenvalue weighted by Gasteiger charge is -2.26. The number of amides is 5. The first-order valence-corrected chi connectivity index (χ1v) is 9.50. The highest BCUT2D eigenvalue weighted by Crippen LogP contribution is 2.05. The van der Waals surface area contributed by atoms with Gasteiger partial charge in [-0.2, -0.15) is 12.6 Å². The number of rotatable bonds is 13. The molecule has 10 N–H and O–H groups in total. The number of nitrogens with two attached hydrogens (primary N) is 3. The van der Waals surface area contributed by atoms with E-state index < -0.39 is 78.4 Å². The lowest BCUT2D eigenvalue weighted by atomic mass is 10.0. The Morgan fingerprint density at radius 2 is 1.33 bits per heavy atom. The topological polar surface area (TPSA) is 237 Å². The van der Waals surface area contributed by atoms with E-state index in [0.717, 1.165) is 0 Å². The van der Waals surface area contributed by atoms with Gasteiger partial charge in [0.05, 0.1) is 18.9 Å². The van der Waals surface area contributed by atoms with Crippen LogP contribution < -0.4 is 33.2 Å². The lowest BCUT2D eigenvalue weighted by molar-refractivity contribution is -0.141. The Kier molecular flexibility index (Phi) is 11.4. The predicted octanol–water partition coefficient (Wildman–Crippen LogP) is -3.81. The molecule has 0 heterocycles. The van der Waals surface area contributed by atoms with Gasteiger partial charge >= 0.3 is 5.97 Å². The van der Waals surface area contributed by atoms with Crippen molar-refractivity contribution in [3.63, 3.8) is 0 Å². The van der Waals surface area contributed by atoms with E-state index in [9.17, 15) is 28.8 Å². The van der Waals surface area contributed by atoms with Crippen LogP contribution in [0.3, 0.4) is 0 Å². The molecule has 0 aliphatic carbocycles. The van der Waals surface area contributed by atoms with E-state index in [4.69, 9.17) is 22.3 Å². The zero-order chi connectivity index (χ0) is 23.6. The molecule has 4 unspecified atom stereocenters. The second-order valence-corrected chi connectivity index (χ2v) is 7.19. The van der Waals surface area contributed by atoms with E-state index in [2.05, 4.69) is 28.6 Å². The number of primary amides is 2. The number of thiol groups is 1. The van der Waals surface area contributed by atoms with Gasteiger partial charge in [-0.1, -0.05) is 13.8 Å². The fraction of sp³-hybridized carbons (Fsp3) is 0.625. The third kappa shape index (κ3) is 9.56. The van der Waals surface area contributed by atoms with Crippen molar-refractivity contribution in [3.05, 3.63) is 0 Å². The fourth-order valence-corrected chi connectivity index (χ4v) is 2.48. The quantitative estimate of drug-likeness (QED) is 0.130. The molecular weight excluding hydrogens is 420 g/mol. The molecule has 5 amide bonds. The normalized spacial score (nSPS) is 14.7. The standard InChI is InChI=1S/C16H28N6O7S/c1-6(2)12(22-13(25)7(17)3-10(18)23)15(27)20-8(4-11(19)24)14(26)21-9(5-30)16(28)29/h6-9,12,30H,3-5,17H2,1-2H3,(H2,18,23)(H2,19,24)(H,20,27)(H,21,26)(H,22,25)(H,28,29). The van der Waals surface area contributed by atoms with Gasteiger partial charge in [0, 0.05) is 5.75 Å². The number of carboxylic acids is 1. The van der Waals surface area contributed by atoms with Gasteiger partial charge in [0.1, 0.15) is 18.1 Å². The summed E-state index contributed by atoms with van der Waals surface area (Å²) in [6.07, 6.45) is -1.05. The van der Waals surface area contributed by atoms with Gasteiger partial charge in [-0.3, -0.25) is 24.0 Å². The molecule has 0 radical (unpaired) electrons. The van der Waals surface area contributed by atoms with Gasteiger partial charge in [0.15, 0.2) is 0 Å². The summed E-state index contributed by atoms with van der Waals surface area (Å²) >= 11 is 3.81. The predicted molar refractivity (Wildman–Crippen MR) is 108 cm³/mol. The van der Waals surface area contributed by atoms with Crippen LogP contribution in [0, 0.1) is 5.92 Å².